The van der Waals surface area contributed by atoms with E-state index in [0.717, 1.165) is 10.4 Å². The second kappa shape index (κ2) is 6.72. The monoisotopic (exact) mass is 375 g/mol. The highest BCUT2D eigenvalue weighted by atomic mass is 32.1. The molecule has 0 amide bonds. The van der Waals surface area contributed by atoms with Crippen LogP contribution in [-0.4, -0.2) is 29.0 Å². The molecule has 0 bridgehead atoms. The molecule has 0 aliphatic carbocycles. The van der Waals surface area contributed by atoms with Crippen LogP contribution in [0.5, 0.6) is 0 Å². The highest BCUT2D eigenvalue weighted by molar-refractivity contribution is 7.19. The van der Waals surface area contributed by atoms with E-state index in [0.29, 0.717) is 16.4 Å². The van der Waals surface area contributed by atoms with E-state index in [4.69, 9.17) is 0 Å². The van der Waals surface area contributed by atoms with Crippen LogP contribution in [0, 0.1) is 5.82 Å². The molecule has 0 atom stereocenters. The molecule has 0 N–H and O–H groups in total. The highest BCUT2D eigenvalue weighted by Crippen LogP contribution is 2.42. The summed E-state index contributed by atoms with van der Waals surface area (Å²) >= 11 is 1.40. The summed E-state index contributed by atoms with van der Waals surface area (Å²) in [5.41, 5.74) is 1.82. The number of halogens is 3. The second-order valence-electron chi connectivity index (χ2n) is 6.23. The third-order valence-electron chi connectivity index (χ3n) is 4.45. The van der Waals surface area contributed by atoms with E-state index in [1.165, 1.54) is 17.4 Å². The zero-order valence-corrected chi connectivity index (χ0v) is 14.6. The van der Waals surface area contributed by atoms with Crippen molar-refractivity contribution in [3.05, 3.63) is 54.6 Å². The number of hydrogen-bond donors (Lipinski definition) is 0. The number of benzene rings is 1. The summed E-state index contributed by atoms with van der Waals surface area (Å²) in [6.45, 7) is 0.486. The Labute approximate surface area is 153 Å². The first-order valence-corrected chi connectivity index (χ1v) is 9.14. The lowest BCUT2D eigenvalue weighted by Crippen LogP contribution is -2.39. The minimum atomic E-state index is -2.62. The molecule has 4 rings (SSSR count). The molecule has 134 valence electrons. The molecule has 3 heterocycles. The van der Waals surface area contributed by atoms with Crippen LogP contribution < -0.4 is 4.90 Å². The number of piperidine rings is 1. The number of thiazole rings is 1. The van der Waals surface area contributed by atoms with Crippen LogP contribution >= 0.6 is 11.3 Å². The Balaban J connectivity index is 1.78. The maximum Gasteiger partial charge on any atom is 0.251 e. The molecule has 1 aromatic carbocycles. The van der Waals surface area contributed by atoms with Crippen LogP contribution in [-0.2, 0) is 0 Å². The fourth-order valence-corrected chi connectivity index (χ4v) is 4.14. The number of alkyl halides is 2. The Bertz CT molecular complexity index is 901. The summed E-state index contributed by atoms with van der Waals surface area (Å²) < 4.78 is 41.3. The molecule has 0 saturated carbocycles. The molecule has 26 heavy (non-hydrogen) atoms. The molecular weight excluding hydrogens is 359 g/mol. The highest BCUT2D eigenvalue weighted by Gasteiger charge is 2.35. The third kappa shape index (κ3) is 3.31. The maximum atomic E-state index is 14.4. The Kier molecular flexibility index (Phi) is 4.40. The van der Waals surface area contributed by atoms with Gasteiger partial charge in [0, 0.05) is 43.9 Å². The molecule has 1 fully saturated rings. The van der Waals surface area contributed by atoms with Gasteiger partial charge in [-0.3, -0.25) is 4.98 Å². The summed E-state index contributed by atoms with van der Waals surface area (Å²) in [6, 6.07) is 10.1. The molecule has 7 heteroatoms. The molecule has 2 aromatic heterocycles. The minimum Gasteiger partial charge on any atom is -0.348 e. The Hall–Kier alpha value is -2.41. The van der Waals surface area contributed by atoms with Gasteiger partial charge in [0.05, 0.1) is 10.6 Å². The number of pyridine rings is 1. The van der Waals surface area contributed by atoms with E-state index >= 15 is 0 Å². The van der Waals surface area contributed by atoms with E-state index in [1.54, 1.807) is 30.6 Å². The first kappa shape index (κ1) is 17.0. The molecule has 3 nitrogen and oxygen atoms in total. The van der Waals surface area contributed by atoms with Gasteiger partial charge >= 0.3 is 0 Å². The molecule has 0 radical (unpaired) electrons. The average molecular weight is 375 g/mol. The molecule has 3 aromatic rings. The number of aromatic nitrogens is 2. The first-order valence-electron chi connectivity index (χ1n) is 8.32. The summed E-state index contributed by atoms with van der Waals surface area (Å²) in [4.78, 5) is 11.3. The Morgan fingerprint density at radius 3 is 2.38 bits per heavy atom. The SMILES string of the molecule is Fc1ccccc1-c1nc(N2CCC(F)(F)CC2)sc1-c1ccncc1. The number of rotatable bonds is 3. The molecule has 1 saturated heterocycles. The van der Waals surface area contributed by atoms with Gasteiger partial charge in [0.1, 0.15) is 5.82 Å². The topological polar surface area (TPSA) is 29.0 Å². The molecule has 0 unspecified atom stereocenters. The van der Waals surface area contributed by atoms with Gasteiger partial charge in [0.2, 0.25) is 0 Å². The zero-order valence-electron chi connectivity index (χ0n) is 13.8. The van der Waals surface area contributed by atoms with E-state index in [9.17, 15) is 13.2 Å². The number of hydrogen-bond acceptors (Lipinski definition) is 4. The van der Waals surface area contributed by atoms with Gasteiger partial charge in [-0.05, 0) is 29.8 Å². The number of nitrogens with zero attached hydrogens (tertiary/aromatic N) is 3. The van der Waals surface area contributed by atoms with Crippen LogP contribution in [0.4, 0.5) is 18.3 Å². The van der Waals surface area contributed by atoms with Crippen molar-refractivity contribution in [3.63, 3.8) is 0 Å². The Morgan fingerprint density at radius 2 is 1.69 bits per heavy atom. The van der Waals surface area contributed by atoms with E-state index in [1.807, 2.05) is 17.0 Å². The standard InChI is InChI=1S/C19H16F3N3S/c20-15-4-2-1-3-14(15)16-17(13-5-9-23-10-6-13)26-18(24-16)25-11-7-19(21,22)8-12-25/h1-6,9-10H,7-8,11-12H2. The lowest BCUT2D eigenvalue weighted by Gasteiger charge is -2.31. The number of anilines is 1. The molecular formula is C19H16F3N3S. The van der Waals surface area contributed by atoms with Gasteiger partial charge in [-0.1, -0.05) is 23.5 Å². The van der Waals surface area contributed by atoms with Crippen molar-refractivity contribution < 1.29 is 13.2 Å². The largest absolute Gasteiger partial charge is 0.348 e. The summed E-state index contributed by atoms with van der Waals surface area (Å²) in [5, 5.41) is 0.644. The van der Waals surface area contributed by atoms with Crippen LogP contribution in [0.1, 0.15) is 12.8 Å². The quantitative estimate of drug-likeness (QED) is 0.626. The first-order chi connectivity index (χ1) is 12.5. The molecule has 1 aliphatic heterocycles. The van der Waals surface area contributed by atoms with Gasteiger partial charge in [0.15, 0.2) is 5.13 Å². The van der Waals surface area contributed by atoms with Crippen LogP contribution in [0.15, 0.2) is 48.8 Å². The van der Waals surface area contributed by atoms with Gasteiger partial charge in [-0.25, -0.2) is 18.2 Å². The van der Waals surface area contributed by atoms with Crippen molar-refractivity contribution >= 4 is 16.5 Å². The van der Waals surface area contributed by atoms with Crippen molar-refractivity contribution in [2.24, 2.45) is 0 Å². The van der Waals surface area contributed by atoms with E-state index in [2.05, 4.69) is 9.97 Å². The van der Waals surface area contributed by atoms with Crippen molar-refractivity contribution in [1.82, 2.24) is 9.97 Å². The van der Waals surface area contributed by atoms with E-state index < -0.39 is 5.92 Å². The van der Waals surface area contributed by atoms with Gasteiger partial charge in [-0.15, -0.1) is 0 Å². The third-order valence-corrected chi connectivity index (χ3v) is 5.62. The van der Waals surface area contributed by atoms with Crippen LogP contribution in [0.25, 0.3) is 21.7 Å². The van der Waals surface area contributed by atoms with Crippen LogP contribution in [0.3, 0.4) is 0 Å². The predicted octanol–water partition coefficient (Wildman–Crippen LogP) is 5.25. The zero-order chi connectivity index (χ0) is 18.1. The maximum absolute atomic E-state index is 14.4. The predicted molar refractivity (Wildman–Crippen MR) is 97.1 cm³/mol. The summed E-state index contributed by atoms with van der Waals surface area (Å²) in [5.74, 6) is -2.97. The average Bonchev–Trinajstić information content (AvgIpc) is 3.08. The van der Waals surface area contributed by atoms with Crippen molar-refractivity contribution in [1.29, 1.82) is 0 Å². The van der Waals surface area contributed by atoms with Crippen molar-refractivity contribution in [3.8, 4) is 21.7 Å². The lowest BCUT2D eigenvalue weighted by molar-refractivity contribution is -0.0220. The normalized spacial score (nSPS) is 16.7. The van der Waals surface area contributed by atoms with Gasteiger partial charge in [-0.2, -0.15) is 0 Å². The van der Waals surface area contributed by atoms with Crippen molar-refractivity contribution in [2.75, 3.05) is 18.0 Å². The fourth-order valence-electron chi connectivity index (χ4n) is 3.00. The van der Waals surface area contributed by atoms with E-state index in [-0.39, 0.29) is 31.7 Å². The van der Waals surface area contributed by atoms with Crippen LogP contribution in [0.2, 0.25) is 0 Å². The van der Waals surface area contributed by atoms with Crippen molar-refractivity contribution in [2.45, 2.75) is 18.8 Å². The summed E-state index contributed by atoms with van der Waals surface area (Å²) in [7, 11) is 0. The molecule has 1 aliphatic rings. The fraction of sp³-hybridized carbons (Fsp3) is 0.263. The van der Waals surface area contributed by atoms with Gasteiger partial charge in [0.25, 0.3) is 5.92 Å². The smallest absolute Gasteiger partial charge is 0.251 e. The Morgan fingerprint density at radius 1 is 1.00 bits per heavy atom. The lowest BCUT2D eigenvalue weighted by atomic mass is 10.1. The van der Waals surface area contributed by atoms with Gasteiger partial charge < -0.3 is 4.90 Å². The summed E-state index contributed by atoms with van der Waals surface area (Å²) in [6.07, 6.45) is 2.96. The molecule has 0 spiro atoms. The minimum absolute atomic E-state index is 0.188. The second-order valence-corrected chi connectivity index (χ2v) is 7.21.